The van der Waals surface area contributed by atoms with Gasteiger partial charge in [0.15, 0.2) is 0 Å². The number of halogens is 1. The van der Waals surface area contributed by atoms with Crippen LogP contribution in [0.1, 0.15) is 5.56 Å². The largest absolute Gasteiger partial charge is 0.420 e. The van der Waals surface area contributed by atoms with Crippen LogP contribution in [0.3, 0.4) is 0 Å². The Hall–Kier alpha value is -1.42. The van der Waals surface area contributed by atoms with Crippen molar-refractivity contribution in [1.29, 1.82) is 0 Å². The molecule has 0 radical (unpaired) electrons. The first-order valence-corrected chi connectivity index (χ1v) is 4.70. The second-order valence-electron chi connectivity index (χ2n) is 2.77. The Labute approximate surface area is 88.5 Å². The molecule has 0 saturated carbocycles. The highest BCUT2D eigenvalue weighted by Gasteiger charge is 2.24. The van der Waals surface area contributed by atoms with Gasteiger partial charge >= 0.3 is 5.97 Å². The highest BCUT2D eigenvalue weighted by Crippen LogP contribution is 2.22. The van der Waals surface area contributed by atoms with E-state index in [9.17, 15) is 9.59 Å². The molecule has 1 heterocycles. The molecule has 0 aromatic heterocycles. The molecule has 0 unspecified atom stereocenters. The quantitative estimate of drug-likeness (QED) is 0.567. The van der Waals surface area contributed by atoms with E-state index >= 15 is 0 Å². The number of esters is 1. The van der Waals surface area contributed by atoms with Crippen molar-refractivity contribution in [3.8, 4) is 0 Å². The Morgan fingerprint density at radius 2 is 1.71 bits per heavy atom. The van der Waals surface area contributed by atoms with Crippen LogP contribution in [0.4, 0.5) is 0 Å². The van der Waals surface area contributed by atoms with Crippen LogP contribution in [0, 0.1) is 0 Å². The topological polar surface area (TPSA) is 43.4 Å². The molecule has 2 rings (SSSR count). The lowest BCUT2D eigenvalue weighted by molar-refractivity contribution is -0.144. The molecule has 0 amide bonds. The number of cyclic esters (lactones) is 1. The van der Waals surface area contributed by atoms with Gasteiger partial charge in [-0.2, -0.15) is 0 Å². The van der Waals surface area contributed by atoms with E-state index in [0.717, 1.165) is 4.47 Å². The summed E-state index contributed by atoms with van der Waals surface area (Å²) in [5.74, 6) is -1.11. The minimum absolute atomic E-state index is 0.313. The van der Waals surface area contributed by atoms with E-state index in [4.69, 9.17) is 4.74 Å². The van der Waals surface area contributed by atoms with Gasteiger partial charge in [0.1, 0.15) is 5.76 Å². The molecule has 14 heavy (non-hydrogen) atoms. The molecule has 0 spiro atoms. The SMILES string of the molecule is O=C1C=C(c2ccc(Br)cc2)OC1=O. The predicted molar refractivity (Wildman–Crippen MR) is 53.2 cm³/mol. The minimum Gasteiger partial charge on any atom is -0.420 e. The number of carbonyl (C=O) groups excluding carboxylic acids is 2. The number of hydrogen-bond donors (Lipinski definition) is 0. The van der Waals surface area contributed by atoms with Crippen LogP contribution in [0.25, 0.3) is 5.76 Å². The van der Waals surface area contributed by atoms with Crippen molar-refractivity contribution in [2.24, 2.45) is 0 Å². The summed E-state index contributed by atoms with van der Waals surface area (Å²) in [5, 5.41) is 0. The summed E-state index contributed by atoms with van der Waals surface area (Å²) in [6.45, 7) is 0. The minimum atomic E-state index is -0.817. The lowest BCUT2D eigenvalue weighted by Gasteiger charge is -2.00. The van der Waals surface area contributed by atoms with Crippen LogP contribution in [0.2, 0.25) is 0 Å². The molecule has 0 aliphatic carbocycles. The standard InChI is InChI=1S/C10H5BrO3/c11-7-3-1-6(2-4-7)9-5-8(12)10(13)14-9/h1-5H. The Bertz CT molecular complexity index is 431. The van der Waals surface area contributed by atoms with Crippen molar-refractivity contribution in [1.82, 2.24) is 0 Å². The summed E-state index contributed by atoms with van der Waals surface area (Å²) >= 11 is 3.28. The van der Waals surface area contributed by atoms with Crippen molar-refractivity contribution < 1.29 is 14.3 Å². The first-order chi connectivity index (χ1) is 6.66. The van der Waals surface area contributed by atoms with Gasteiger partial charge in [0.2, 0.25) is 0 Å². The van der Waals surface area contributed by atoms with Crippen LogP contribution >= 0.6 is 15.9 Å². The van der Waals surface area contributed by atoms with Crippen LogP contribution in [-0.4, -0.2) is 11.8 Å². The molecular formula is C10H5BrO3. The molecule has 1 aliphatic heterocycles. The molecule has 0 saturated heterocycles. The van der Waals surface area contributed by atoms with Crippen molar-refractivity contribution in [3.05, 3.63) is 40.4 Å². The second kappa shape index (κ2) is 3.38. The maximum absolute atomic E-state index is 10.9. The fourth-order valence-corrected chi connectivity index (χ4v) is 1.38. The monoisotopic (exact) mass is 252 g/mol. The molecule has 0 N–H and O–H groups in total. The predicted octanol–water partition coefficient (Wildman–Crippen LogP) is 1.92. The lowest BCUT2D eigenvalue weighted by Crippen LogP contribution is -2.05. The normalized spacial score (nSPS) is 15.4. The third-order valence-electron chi connectivity index (χ3n) is 1.79. The highest BCUT2D eigenvalue weighted by atomic mass is 79.9. The van der Waals surface area contributed by atoms with Crippen LogP contribution in [0.5, 0.6) is 0 Å². The van der Waals surface area contributed by atoms with Crippen LogP contribution < -0.4 is 0 Å². The van der Waals surface area contributed by atoms with Gasteiger partial charge in [0, 0.05) is 16.1 Å². The van der Waals surface area contributed by atoms with E-state index in [0.29, 0.717) is 11.3 Å². The van der Waals surface area contributed by atoms with E-state index in [1.807, 2.05) is 12.1 Å². The molecule has 1 aromatic carbocycles. The molecule has 1 aromatic rings. The van der Waals surface area contributed by atoms with Gasteiger partial charge < -0.3 is 4.74 Å². The third kappa shape index (κ3) is 1.61. The fourth-order valence-electron chi connectivity index (χ4n) is 1.11. The second-order valence-corrected chi connectivity index (χ2v) is 3.68. The molecule has 0 atom stereocenters. The Balaban J connectivity index is 2.34. The summed E-state index contributed by atoms with van der Waals surface area (Å²) < 4.78 is 5.69. The number of ketones is 1. The molecule has 0 fully saturated rings. The van der Waals surface area contributed by atoms with Crippen molar-refractivity contribution >= 4 is 33.4 Å². The van der Waals surface area contributed by atoms with E-state index in [2.05, 4.69) is 15.9 Å². The fraction of sp³-hybridized carbons (Fsp3) is 0. The van der Waals surface area contributed by atoms with Gasteiger partial charge in [-0.1, -0.05) is 28.1 Å². The smallest absolute Gasteiger partial charge is 0.384 e. The van der Waals surface area contributed by atoms with Crippen molar-refractivity contribution in [2.45, 2.75) is 0 Å². The molecule has 0 bridgehead atoms. The molecule has 70 valence electrons. The molecule has 4 heteroatoms. The number of benzene rings is 1. The molecule has 3 nitrogen and oxygen atoms in total. The average Bonchev–Trinajstić information content (AvgIpc) is 2.48. The van der Waals surface area contributed by atoms with Gasteiger partial charge in [-0.15, -0.1) is 0 Å². The van der Waals surface area contributed by atoms with Crippen molar-refractivity contribution in [3.63, 3.8) is 0 Å². The number of carbonyl (C=O) groups is 2. The highest BCUT2D eigenvalue weighted by molar-refractivity contribution is 9.10. The van der Waals surface area contributed by atoms with E-state index in [1.54, 1.807) is 12.1 Å². The van der Waals surface area contributed by atoms with E-state index in [1.165, 1.54) is 6.08 Å². The average molecular weight is 253 g/mol. The summed E-state index contributed by atoms with van der Waals surface area (Å²) in [4.78, 5) is 21.7. The van der Waals surface area contributed by atoms with Crippen LogP contribution in [0.15, 0.2) is 34.8 Å². The van der Waals surface area contributed by atoms with Crippen molar-refractivity contribution in [2.75, 3.05) is 0 Å². The maximum atomic E-state index is 10.9. The van der Waals surface area contributed by atoms with Gasteiger partial charge in [-0.3, -0.25) is 4.79 Å². The summed E-state index contributed by atoms with van der Waals surface area (Å²) in [5.41, 5.74) is 0.715. The Morgan fingerprint density at radius 1 is 1.07 bits per heavy atom. The summed E-state index contributed by atoms with van der Waals surface area (Å²) in [6.07, 6.45) is 1.20. The number of hydrogen-bond acceptors (Lipinski definition) is 3. The Morgan fingerprint density at radius 3 is 2.21 bits per heavy atom. The third-order valence-corrected chi connectivity index (χ3v) is 2.32. The lowest BCUT2D eigenvalue weighted by atomic mass is 10.2. The number of ether oxygens (including phenoxy) is 1. The zero-order chi connectivity index (χ0) is 10.1. The zero-order valence-electron chi connectivity index (χ0n) is 6.99. The van der Waals surface area contributed by atoms with Crippen LogP contribution in [-0.2, 0) is 14.3 Å². The zero-order valence-corrected chi connectivity index (χ0v) is 8.58. The summed E-state index contributed by atoms with van der Waals surface area (Å²) in [6, 6.07) is 7.16. The van der Waals surface area contributed by atoms with E-state index in [-0.39, 0.29) is 0 Å². The Kier molecular flexibility index (Phi) is 2.21. The van der Waals surface area contributed by atoms with Gasteiger partial charge in [-0.25, -0.2) is 4.79 Å². The summed E-state index contributed by atoms with van der Waals surface area (Å²) in [7, 11) is 0. The molecule has 1 aliphatic rings. The van der Waals surface area contributed by atoms with Gasteiger partial charge in [0.25, 0.3) is 5.78 Å². The first-order valence-electron chi connectivity index (χ1n) is 3.90. The first kappa shape index (κ1) is 9.15. The van der Waals surface area contributed by atoms with Gasteiger partial charge in [0.05, 0.1) is 0 Å². The van der Waals surface area contributed by atoms with E-state index < -0.39 is 11.8 Å². The molecular weight excluding hydrogens is 248 g/mol. The maximum Gasteiger partial charge on any atom is 0.384 e. The van der Waals surface area contributed by atoms with Gasteiger partial charge in [-0.05, 0) is 12.1 Å². The number of rotatable bonds is 1.